The van der Waals surface area contributed by atoms with Crippen molar-refractivity contribution in [3.05, 3.63) is 48.0 Å². The predicted molar refractivity (Wildman–Crippen MR) is 67.5 cm³/mol. The van der Waals surface area contributed by atoms with Crippen LogP contribution in [0.1, 0.15) is 5.56 Å². The van der Waals surface area contributed by atoms with E-state index < -0.39 is 0 Å². The molecule has 16 heavy (non-hydrogen) atoms. The highest BCUT2D eigenvalue weighted by Crippen LogP contribution is 2.16. The summed E-state index contributed by atoms with van der Waals surface area (Å²) in [4.78, 5) is 11.0. The quantitative estimate of drug-likeness (QED) is 0.636. The van der Waals surface area contributed by atoms with E-state index in [1.165, 1.54) is 5.39 Å². The lowest BCUT2D eigenvalue weighted by Gasteiger charge is -2.04. The van der Waals surface area contributed by atoms with Crippen molar-refractivity contribution >= 4 is 32.7 Å². The number of benzene rings is 2. The van der Waals surface area contributed by atoms with Crippen LogP contribution in [0, 0.1) is 0 Å². The molecule has 0 spiro atoms. The van der Waals surface area contributed by atoms with Gasteiger partial charge >= 0.3 is 5.97 Å². The second-order valence-electron chi connectivity index (χ2n) is 3.48. The highest BCUT2D eigenvalue weighted by atomic mass is 79.9. The van der Waals surface area contributed by atoms with Crippen molar-refractivity contribution in [3.8, 4) is 0 Å². The molecule has 0 bridgehead atoms. The molecule has 0 saturated carbocycles. The summed E-state index contributed by atoms with van der Waals surface area (Å²) in [6.07, 6.45) is 0. The van der Waals surface area contributed by atoms with Gasteiger partial charge in [-0.2, -0.15) is 0 Å². The second-order valence-corrected chi connectivity index (χ2v) is 4.04. The molecule has 0 heterocycles. The first kappa shape index (κ1) is 11.1. The minimum absolute atomic E-state index is 0.237. The number of rotatable bonds is 3. The Balaban J connectivity index is 2.16. The van der Waals surface area contributed by atoms with Gasteiger partial charge in [-0.15, -0.1) is 0 Å². The van der Waals surface area contributed by atoms with E-state index in [-0.39, 0.29) is 11.3 Å². The highest BCUT2D eigenvalue weighted by Gasteiger charge is 2.01. The highest BCUT2D eigenvalue weighted by molar-refractivity contribution is 9.09. The van der Waals surface area contributed by atoms with E-state index in [2.05, 4.69) is 22.0 Å². The molecule has 0 fully saturated rings. The Hall–Kier alpha value is -1.35. The van der Waals surface area contributed by atoms with Crippen LogP contribution in [0.15, 0.2) is 42.5 Å². The first-order valence-electron chi connectivity index (χ1n) is 4.99. The summed E-state index contributed by atoms with van der Waals surface area (Å²) in [5, 5.41) is 2.59. The fourth-order valence-corrected chi connectivity index (χ4v) is 1.69. The molecule has 2 aromatic rings. The van der Waals surface area contributed by atoms with Gasteiger partial charge < -0.3 is 4.74 Å². The Morgan fingerprint density at radius 3 is 2.62 bits per heavy atom. The van der Waals surface area contributed by atoms with Crippen molar-refractivity contribution in [2.24, 2.45) is 0 Å². The second kappa shape index (κ2) is 5.12. The van der Waals surface area contributed by atoms with Crippen LogP contribution < -0.4 is 0 Å². The molecule has 2 rings (SSSR count). The molecule has 2 aromatic carbocycles. The van der Waals surface area contributed by atoms with E-state index in [1.807, 2.05) is 36.4 Å². The smallest absolute Gasteiger partial charge is 0.316 e. The summed E-state index contributed by atoms with van der Waals surface area (Å²) >= 11 is 3.05. The van der Waals surface area contributed by atoms with Crippen LogP contribution in [0.5, 0.6) is 0 Å². The van der Waals surface area contributed by atoms with Crippen LogP contribution in [-0.2, 0) is 16.1 Å². The van der Waals surface area contributed by atoms with Gasteiger partial charge in [-0.1, -0.05) is 52.3 Å². The summed E-state index contributed by atoms with van der Waals surface area (Å²) in [7, 11) is 0. The molecular formula is C13H11BrO2. The number of fused-ring (bicyclic) bond motifs is 1. The Bertz CT molecular complexity index is 508. The molecule has 3 heteroatoms. The molecule has 82 valence electrons. The van der Waals surface area contributed by atoms with Crippen molar-refractivity contribution < 1.29 is 9.53 Å². The number of alkyl halides is 1. The Morgan fingerprint density at radius 1 is 1.12 bits per heavy atom. The topological polar surface area (TPSA) is 26.3 Å². The first-order valence-corrected chi connectivity index (χ1v) is 6.11. The molecule has 0 atom stereocenters. The fraction of sp³-hybridized carbons (Fsp3) is 0.154. The lowest BCUT2D eigenvalue weighted by atomic mass is 10.1. The van der Waals surface area contributed by atoms with Crippen LogP contribution in [-0.4, -0.2) is 11.3 Å². The monoisotopic (exact) mass is 278 g/mol. The molecule has 0 aromatic heterocycles. The third-order valence-electron chi connectivity index (χ3n) is 2.32. The zero-order chi connectivity index (χ0) is 11.4. The zero-order valence-corrected chi connectivity index (χ0v) is 10.2. The summed E-state index contributed by atoms with van der Waals surface area (Å²) in [5.74, 6) is -0.242. The van der Waals surface area contributed by atoms with Crippen LogP contribution in [0.3, 0.4) is 0 Å². The van der Waals surface area contributed by atoms with E-state index in [0.717, 1.165) is 10.9 Å². The van der Waals surface area contributed by atoms with Gasteiger partial charge in [0.15, 0.2) is 0 Å². The van der Waals surface area contributed by atoms with Gasteiger partial charge in [0, 0.05) is 0 Å². The van der Waals surface area contributed by atoms with Crippen molar-refractivity contribution in [1.82, 2.24) is 0 Å². The van der Waals surface area contributed by atoms with Crippen molar-refractivity contribution in [3.63, 3.8) is 0 Å². The minimum Gasteiger partial charge on any atom is -0.460 e. The molecule has 0 aliphatic heterocycles. The van der Waals surface area contributed by atoms with Gasteiger partial charge in [0.25, 0.3) is 0 Å². The zero-order valence-electron chi connectivity index (χ0n) is 8.65. The normalized spacial score (nSPS) is 10.3. The number of hydrogen-bond donors (Lipinski definition) is 0. The van der Waals surface area contributed by atoms with E-state index in [9.17, 15) is 4.79 Å². The molecule has 0 aliphatic carbocycles. The third-order valence-corrected chi connectivity index (χ3v) is 2.78. The SMILES string of the molecule is O=C(CBr)OCc1ccc2ccccc2c1. The van der Waals surface area contributed by atoms with Gasteiger partial charge in [-0.25, -0.2) is 0 Å². The Morgan fingerprint density at radius 2 is 1.88 bits per heavy atom. The number of carbonyl (C=O) groups is 1. The summed E-state index contributed by atoms with van der Waals surface area (Å²) < 4.78 is 5.04. The molecule has 0 radical (unpaired) electrons. The maximum absolute atomic E-state index is 11.0. The van der Waals surface area contributed by atoms with Crippen LogP contribution in [0.25, 0.3) is 10.8 Å². The molecule has 0 saturated heterocycles. The lowest BCUT2D eigenvalue weighted by Crippen LogP contribution is -2.04. The molecule has 0 unspecified atom stereocenters. The molecule has 0 N–H and O–H groups in total. The standard InChI is InChI=1S/C13H11BrO2/c14-8-13(15)16-9-10-5-6-11-3-1-2-4-12(11)7-10/h1-7H,8-9H2. The van der Waals surface area contributed by atoms with Gasteiger partial charge in [-0.05, 0) is 22.4 Å². The van der Waals surface area contributed by atoms with Gasteiger partial charge in [0.2, 0.25) is 0 Å². The van der Waals surface area contributed by atoms with E-state index in [4.69, 9.17) is 4.74 Å². The summed E-state index contributed by atoms with van der Waals surface area (Å²) in [5.41, 5.74) is 1.01. The maximum Gasteiger partial charge on any atom is 0.316 e. The number of esters is 1. The summed E-state index contributed by atoms with van der Waals surface area (Å²) in [6.45, 7) is 0.329. The van der Waals surface area contributed by atoms with Gasteiger partial charge in [-0.3, -0.25) is 4.79 Å². The lowest BCUT2D eigenvalue weighted by molar-refractivity contribution is -0.141. The molecule has 0 amide bonds. The van der Waals surface area contributed by atoms with Gasteiger partial charge in [0.1, 0.15) is 11.9 Å². The number of hydrogen-bond acceptors (Lipinski definition) is 2. The predicted octanol–water partition coefficient (Wildman–Crippen LogP) is 3.28. The molecular weight excluding hydrogens is 268 g/mol. The van der Waals surface area contributed by atoms with Crippen molar-refractivity contribution in [2.45, 2.75) is 6.61 Å². The van der Waals surface area contributed by atoms with Crippen LogP contribution in [0.2, 0.25) is 0 Å². The van der Waals surface area contributed by atoms with Gasteiger partial charge in [0.05, 0.1) is 0 Å². The van der Waals surface area contributed by atoms with Crippen LogP contribution in [0.4, 0.5) is 0 Å². The number of halogens is 1. The average Bonchev–Trinajstić information content (AvgIpc) is 2.35. The third kappa shape index (κ3) is 2.61. The van der Waals surface area contributed by atoms with E-state index >= 15 is 0 Å². The number of ether oxygens (including phenoxy) is 1. The molecule has 2 nitrogen and oxygen atoms in total. The Kier molecular flexibility index (Phi) is 3.57. The van der Waals surface area contributed by atoms with E-state index in [1.54, 1.807) is 0 Å². The molecule has 0 aliphatic rings. The Labute approximate surface area is 102 Å². The first-order chi connectivity index (χ1) is 7.79. The fourth-order valence-electron chi connectivity index (χ4n) is 1.53. The van der Waals surface area contributed by atoms with Crippen molar-refractivity contribution in [2.75, 3.05) is 5.33 Å². The number of carbonyl (C=O) groups excluding carboxylic acids is 1. The largest absolute Gasteiger partial charge is 0.460 e. The van der Waals surface area contributed by atoms with E-state index in [0.29, 0.717) is 6.61 Å². The van der Waals surface area contributed by atoms with Crippen LogP contribution >= 0.6 is 15.9 Å². The maximum atomic E-state index is 11.0. The van der Waals surface area contributed by atoms with Crippen molar-refractivity contribution in [1.29, 1.82) is 0 Å². The average molecular weight is 279 g/mol. The minimum atomic E-state index is -0.242. The summed E-state index contributed by atoms with van der Waals surface area (Å²) in [6, 6.07) is 14.2.